The number of ether oxygens (including phenoxy) is 1. The molecule has 0 bridgehead atoms. The summed E-state index contributed by atoms with van der Waals surface area (Å²) in [5, 5.41) is 22.8. The van der Waals surface area contributed by atoms with Crippen LogP contribution in [-0.4, -0.2) is 34.9 Å². The number of carbonyl (C=O) groups excluding carboxylic acids is 1. The maximum Gasteiger partial charge on any atom is 0.251 e. The number of aliphatic hydroxyl groups is 1. The Kier molecular flexibility index (Phi) is 6.48. The lowest BCUT2D eigenvalue weighted by molar-refractivity contribution is -0.0238. The van der Waals surface area contributed by atoms with Crippen molar-refractivity contribution in [2.45, 2.75) is 37.9 Å². The summed E-state index contributed by atoms with van der Waals surface area (Å²) < 4.78 is 5.82. The predicted molar refractivity (Wildman–Crippen MR) is 103 cm³/mol. The molecule has 0 heterocycles. The highest BCUT2D eigenvalue weighted by molar-refractivity contribution is 5.94. The van der Waals surface area contributed by atoms with E-state index in [2.05, 4.69) is 17.4 Å². The Bertz CT molecular complexity index is 722. The van der Waals surface area contributed by atoms with Crippen LogP contribution in [-0.2, 0) is 11.3 Å². The zero-order valence-corrected chi connectivity index (χ0v) is 15.4. The molecule has 2 aromatic rings. The number of amides is 1. The maximum atomic E-state index is 12.2. The van der Waals surface area contributed by atoms with E-state index < -0.39 is 5.60 Å². The molecule has 2 aromatic carbocycles. The third-order valence-corrected chi connectivity index (χ3v) is 5.21. The molecule has 0 aromatic heterocycles. The molecular weight excluding hydrogens is 342 g/mol. The van der Waals surface area contributed by atoms with Gasteiger partial charge in [-0.05, 0) is 61.4 Å². The molecule has 1 aliphatic carbocycles. The van der Waals surface area contributed by atoms with Crippen LogP contribution in [0.2, 0.25) is 0 Å². The van der Waals surface area contributed by atoms with E-state index in [1.54, 1.807) is 12.1 Å². The summed E-state index contributed by atoms with van der Waals surface area (Å²) in [4.78, 5) is 12.2. The number of carbonyl (C=O) groups is 1. The number of hydrogen-bond donors (Lipinski definition) is 3. The van der Waals surface area contributed by atoms with Crippen molar-refractivity contribution < 1.29 is 19.7 Å². The normalized spacial score (nSPS) is 22.3. The first-order valence-electron chi connectivity index (χ1n) is 9.45. The number of hydrogen-bond acceptors (Lipinski definition) is 4. The van der Waals surface area contributed by atoms with Gasteiger partial charge < -0.3 is 20.3 Å². The van der Waals surface area contributed by atoms with E-state index in [1.807, 2.05) is 18.2 Å². The van der Waals surface area contributed by atoms with Crippen LogP contribution in [0, 0.1) is 5.92 Å². The first-order chi connectivity index (χ1) is 13.0. The third-order valence-electron chi connectivity index (χ3n) is 5.21. The summed E-state index contributed by atoms with van der Waals surface area (Å²) in [7, 11) is 0. The number of benzene rings is 2. The zero-order chi connectivity index (χ0) is 19.1. The summed E-state index contributed by atoms with van der Waals surface area (Å²) in [6.07, 6.45) is 3.09. The van der Waals surface area contributed by atoms with Crippen molar-refractivity contribution in [1.29, 1.82) is 0 Å². The van der Waals surface area contributed by atoms with Gasteiger partial charge in [0.1, 0.15) is 5.75 Å². The molecule has 0 spiro atoms. The van der Waals surface area contributed by atoms with Gasteiger partial charge >= 0.3 is 0 Å². The number of aromatic hydroxyl groups is 1. The Morgan fingerprint density at radius 1 is 1.07 bits per heavy atom. The standard InChI is InChI=1S/C22H27NO4/c24-20-8-6-19(7-9-20)21(25)23-16-22(26)12-10-18(11-13-22)15-27-14-17-4-2-1-3-5-17/h1-9,18,24,26H,10-16H2,(H,23,25)/t18-,22-. The van der Waals surface area contributed by atoms with E-state index in [9.17, 15) is 15.0 Å². The Morgan fingerprint density at radius 2 is 1.74 bits per heavy atom. The van der Waals surface area contributed by atoms with Gasteiger partial charge in [-0.2, -0.15) is 0 Å². The summed E-state index contributed by atoms with van der Waals surface area (Å²) in [5.41, 5.74) is 0.781. The number of phenols is 1. The molecule has 5 nitrogen and oxygen atoms in total. The molecule has 1 amide bonds. The number of rotatable bonds is 7. The highest BCUT2D eigenvalue weighted by atomic mass is 16.5. The van der Waals surface area contributed by atoms with Crippen molar-refractivity contribution in [3.8, 4) is 5.75 Å². The highest BCUT2D eigenvalue weighted by Crippen LogP contribution is 2.32. The van der Waals surface area contributed by atoms with E-state index in [4.69, 9.17) is 4.74 Å². The van der Waals surface area contributed by atoms with Crippen molar-refractivity contribution in [3.63, 3.8) is 0 Å². The van der Waals surface area contributed by atoms with Gasteiger partial charge in [-0.3, -0.25) is 4.79 Å². The van der Waals surface area contributed by atoms with Crippen LogP contribution in [0.1, 0.15) is 41.6 Å². The van der Waals surface area contributed by atoms with E-state index >= 15 is 0 Å². The maximum absolute atomic E-state index is 12.2. The summed E-state index contributed by atoms with van der Waals surface area (Å²) >= 11 is 0. The topological polar surface area (TPSA) is 78.8 Å². The second-order valence-corrected chi connectivity index (χ2v) is 7.40. The van der Waals surface area contributed by atoms with Gasteiger partial charge in [0.2, 0.25) is 0 Å². The fourth-order valence-corrected chi connectivity index (χ4v) is 3.44. The van der Waals surface area contributed by atoms with Gasteiger partial charge in [-0.25, -0.2) is 0 Å². The fourth-order valence-electron chi connectivity index (χ4n) is 3.44. The van der Waals surface area contributed by atoms with Crippen LogP contribution in [0.4, 0.5) is 0 Å². The quantitative estimate of drug-likeness (QED) is 0.700. The van der Waals surface area contributed by atoms with E-state index in [0.29, 0.717) is 37.5 Å². The first kappa shape index (κ1) is 19.4. The van der Waals surface area contributed by atoms with Crippen LogP contribution in [0.15, 0.2) is 54.6 Å². The Labute approximate surface area is 160 Å². The van der Waals surface area contributed by atoms with Gasteiger partial charge in [0.25, 0.3) is 5.91 Å². The Morgan fingerprint density at radius 3 is 2.41 bits per heavy atom. The molecular formula is C22H27NO4. The lowest BCUT2D eigenvalue weighted by Gasteiger charge is -2.36. The van der Waals surface area contributed by atoms with Gasteiger partial charge in [-0.15, -0.1) is 0 Å². The SMILES string of the molecule is O=C(NC[C@]1(O)CC[C@H](COCc2ccccc2)CC1)c1ccc(O)cc1. The van der Waals surface area contributed by atoms with E-state index in [-0.39, 0.29) is 18.2 Å². The molecule has 0 atom stereocenters. The molecule has 27 heavy (non-hydrogen) atoms. The summed E-state index contributed by atoms with van der Waals surface area (Å²) in [6.45, 7) is 1.55. The zero-order valence-electron chi connectivity index (χ0n) is 15.4. The molecule has 0 unspecified atom stereocenters. The first-order valence-corrected chi connectivity index (χ1v) is 9.45. The third kappa shape index (κ3) is 5.81. The van der Waals surface area contributed by atoms with Crippen molar-refractivity contribution in [1.82, 2.24) is 5.32 Å². The van der Waals surface area contributed by atoms with Crippen LogP contribution >= 0.6 is 0 Å². The van der Waals surface area contributed by atoms with Crippen molar-refractivity contribution in [3.05, 3.63) is 65.7 Å². The number of nitrogens with one attached hydrogen (secondary N) is 1. The van der Waals surface area contributed by atoms with Crippen LogP contribution in [0.3, 0.4) is 0 Å². The summed E-state index contributed by atoms with van der Waals surface area (Å²) in [5.74, 6) is 0.330. The minimum Gasteiger partial charge on any atom is -0.508 e. The molecule has 0 aliphatic heterocycles. The molecule has 3 rings (SSSR count). The Balaban J connectivity index is 1.38. The average Bonchev–Trinajstić information content (AvgIpc) is 2.69. The Hall–Kier alpha value is -2.37. The van der Waals surface area contributed by atoms with Crippen LogP contribution in [0.5, 0.6) is 5.75 Å². The average molecular weight is 369 g/mol. The molecule has 3 N–H and O–H groups in total. The smallest absolute Gasteiger partial charge is 0.251 e. The lowest BCUT2D eigenvalue weighted by atomic mass is 9.79. The van der Waals surface area contributed by atoms with E-state index in [1.165, 1.54) is 17.7 Å². The van der Waals surface area contributed by atoms with Crippen LogP contribution < -0.4 is 5.32 Å². The van der Waals surface area contributed by atoms with Crippen molar-refractivity contribution >= 4 is 5.91 Å². The fraction of sp³-hybridized carbons (Fsp3) is 0.409. The van der Waals surface area contributed by atoms with Crippen molar-refractivity contribution in [2.24, 2.45) is 5.92 Å². The monoisotopic (exact) mass is 369 g/mol. The van der Waals surface area contributed by atoms with E-state index in [0.717, 1.165) is 12.8 Å². The minimum absolute atomic E-state index is 0.123. The minimum atomic E-state index is -0.859. The molecule has 1 aliphatic rings. The highest BCUT2D eigenvalue weighted by Gasteiger charge is 2.33. The largest absolute Gasteiger partial charge is 0.508 e. The van der Waals surface area contributed by atoms with Crippen LogP contribution in [0.25, 0.3) is 0 Å². The predicted octanol–water partition coefficient (Wildman–Crippen LogP) is 3.26. The van der Waals surface area contributed by atoms with Gasteiger partial charge in [-0.1, -0.05) is 30.3 Å². The lowest BCUT2D eigenvalue weighted by Crippen LogP contribution is -2.45. The van der Waals surface area contributed by atoms with Gasteiger partial charge in [0.05, 0.1) is 12.2 Å². The number of phenolic OH excluding ortho intramolecular Hbond substituents is 1. The second-order valence-electron chi connectivity index (χ2n) is 7.40. The second kappa shape index (κ2) is 9.02. The molecule has 0 saturated heterocycles. The van der Waals surface area contributed by atoms with Gasteiger partial charge in [0, 0.05) is 18.7 Å². The molecule has 1 fully saturated rings. The van der Waals surface area contributed by atoms with Gasteiger partial charge in [0.15, 0.2) is 0 Å². The van der Waals surface area contributed by atoms with Crippen molar-refractivity contribution in [2.75, 3.05) is 13.2 Å². The molecule has 144 valence electrons. The molecule has 1 saturated carbocycles. The summed E-state index contributed by atoms with van der Waals surface area (Å²) in [6, 6.07) is 16.2. The molecule has 0 radical (unpaired) electrons. The molecule has 5 heteroatoms.